The summed E-state index contributed by atoms with van der Waals surface area (Å²) in [6.45, 7) is 6.37. The van der Waals surface area contributed by atoms with E-state index < -0.39 is 0 Å². The summed E-state index contributed by atoms with van der Waals surface area (Å²) < 4.78 is 4.80. The number of benzene rings is 4. The first-order chi connectivity index (χ1) is 23.0. The van der Waals surface area contributed by atoms with Crippen molar-refractivity contribution in [2.45, 2.75) is 12.8 Å². The molecule has 1 radical (unpaired) electrons. The second kappa shape index (κ2) is 14.8. The van der Waals surface area contributed by atoms with Gasteiger partial charge >= 0.3 is 0 Å². The van der Waals surface area contributed by atoms with Gasteiger partial charge in [0.05, 0.1) is 14.1 Å². The van der Waals surface area contributed by atoms with Crippen LogP contribution in [-0.4, -0.2) is 38.0 Å². The van der Waals surface area contributed by atoms with Crippen LogP contribution in [0.5, 0.6) is 0 Å². The van der Waals surface area contributed by atoms with Gasteiger partial charge in [0.1, 0.15) is 0 Å². The molecule has 4 aromatic carbocycles. The number of para-hydroxylation sites is 6. The number of aryl methyl sites for hydroxylation is 3. The van der Waals surface area contributed by atoms with Crippen molar-refractivity contribution in [3.8, 4) is 11.4 Å². The van der Waals surface area contributed by atoms with Crippen molar-refractivity contribution in [3.05, 3.63) is 135 Å². The van der Waals surface area contributed by atoms with Crippen molar-refractivity contribution in [2.24, 2.45) is 21.1 Å². The van der Waals surface area contributed by atoms with E-state index in [2.05, 4.69) is 146 Å². The molecule has 6 aromatic rings. The van der Waals surface area contributed by atoms with Crippen LogP contribution < -0.4 is 24.3 Å². The maximum absolute atomic E-state index is 4.08. The summed E-state index contributed by atoms with van der Waals surface area (Å²) in [5, 5.41) is 11.8. The molecule has 2 aromatic heterocycles. The van der Waals surface area contributed by atoms with Crippen LogP contribution in [0.4, 0.5) is 34.1 Å². The summed E-state index contributed by atoms with van der Waals surface area (Å²) >= 11 is 0. The number of aromatic nitrogens is 6. The molecule has 11 heteroatoms. The van der Waals surface area contributed by atoms with E-state index in [1.165, 1.54) is 27.4 Å². The third kappa shape index (κ3) is 6.98. The van der Waals surface area contributed by atoms with Gasteiger partial charge in [-0.3, -0.25) is 5.10 Å². The van der Waals surface area contributed by atoms with Crippen LogP contribution in [0.3, 0.4) is 0 Å². The third-order valence-electron chi connectivity index (χ3n) is 7.99. The Morgan fingerprint density at radius 1 is 0.688 bits per heavy atom. The van der Waals surface area contributed by atoms with Crippen LogP contribution in [0.25, 0.3) is 11.4 Å². The molecule has 2 aliphatic rings. The molecule has 0 amide bonds. The minimum absolute atomic E-state index is 0. The summed E-state index contributed by atoms with van der Waals surface area (Å²) in [6, 6.07) is 40.2. The Morgan fingerprint density at radius 3 is 1.60 bits per heavy atom. The third-order valence-corrected chi connectivity index (χ3v) is 7.99. The Morgan fingerprint density at radius 2 is 1.19 bits per heavy atom. The van der Waals surface area contributed by atoms with Crippen molar-refractivity contribution in [2.75, 3.05) is 32.7 Å². The van der Waals surface area contributed by atoms with E-state index in [4.69, 9.17) is 0 Å². The first-order valence-corrected chi connectivity index (χ1v) is 15.6. The monoisotopic (exact) mass is 812 g/mol. The topological polar surface area (TPSA) is 65.4 Å². The first-order valence-electron chi connectivity index (χ1n) is 15.6. The maximum atomic E-state index is 4.08. The summed E-state index contributed by atoms with van der Waals surface area (Å²) in [6.07, 6.45) is 8.13. The molecular formula is C37H35IrN10-5. The molecule has 0 fully saturated rings. The normalized spacial score (nSPS) is 13.1. The molecule has 0 unspecified atom stereocenters. The van der Waals surface area contributed by atoms with E-state index >= 15 is 0 Å². The number of hydrogen-bond donors (Lipinski definition) is 0. The molecular weight excluding hydrogens is 777 g/mol. The second-order valence-corrected chi connectivity index (χ2v) is 11.3. The van der Waals surface area contributed by atoms with Gasteiger partial charge in [0.2, 0.25) is 0 Å². The van der Waals surface area contributed by atoms with Crippen LogP contribution in [-0.2, 0) is 41.2 Å². The Balaban J connectivity index is 0.000000241. The fraction of sp³-hybridized carbons (Fsp3) is 0.189. The molecule has 0 aliphatic carbocycles. The van der Waals surface area contributed by atoms with Gasteiger partial charge in [0, 0.05) is 55.1 Å². The Hall–Kier alpha value is -4.99. The minimum atomic E-state index is 0. The summed E-state index contributed by atoms with van der Waals surface area (Å²) in [5.74, 6) is 0. The van der Waals surface area contributed by atoms with Gasteiger partial charge in [-0.25, -0.2) is 15.6 Å². The van der Waals surface area contributed by atoms with Gasteiger partial charge < -0.3 is 24.3 Å². The number of rotatable bonds is 8. The van der Waals surface area contributed by atoms with Crippen molar-refractivity contribution < 1.29 is 24.8 Å². The largest absolute Gasteiger partial charge is 0.501 e. The number of anilines is 6. The molecule has 0 bridgehead atoms. The Kier molecular flexibility index (Phi) is 10.2. The number of hydrogen-bond acceptors (Lipinski definition) is 7. The van der Waals surface area contributed by atoms with Gasteiger partial charge in [0.25, 0.3) is 0 Å². The zero-order valence-electron chi connectivity index (χ0n) is 27.0. The molecule has 4 heterocycles. The van der Waals surface area contributed by atoms with E-state index in [-0.39, 0.29) is 20.1 Å². The first kappa shape index (κ1) is 32.9. The Labute approximate surface area is 295 Å². The van der Waals surface area contributed by atoms with Crippen LogP contribution in [0, 0.1) is 37.9 Å². The molecule has 0 saturated heterocycles. The summed E-state index contributed by atoms with van der Waals surface area (Å²) in [7, 11) is 5.40. The SMILES string of the molecule is Cn1[c-]c(-c2[c-][n+](C)nn2C)nn1.[Ir].[c-]1ccccc1N1[CH-]N(CCCCN2[CH-]N(c3[c-]cccc3)c3ccccc32)c2ccccc21. The van der Waals surface area contributed by atoms with Crippen molar-refractivity contribution in [1.29, 1.82) is 0 Å². The molecule has 0 saturated carbocycles. The molecule has 0 atom stereocenters. The van der Waals surface area contributed by atoms with Crippen LogP contribution in [0.2, 0.25) is 0 Å². The van der Waals surface area contributed by atoms with Crippen LogP contribution in [0.15, 0.2) is 97.1 Å². The predicted molar refractivity (Wildman–Crippen MR) is 182 cm³/mol. The standard InChI is InChI=1S/C30H26N4.C7H9N6.Ir/c1-3-13-25(14-4-1)33-23-31(27-17-7-9-19-29(27)33)21-11-12-22-32-24-34(26-15-5-2-6-16-26)30-20-10-8-18-28(30)32;1-11-4-6(8-9-11)7-5-12(2)10-13(7)3;/h1-10,13,15,17-20,23-24H,11-12,21-22H2;1-3H3;/q-4;-1;. The summed E-state index contributed by atoms with van der Waals surface area (Å²) in [5.41, 5.74) is 8.49. The van der Waals surface area contributed by atoms with Gasteiger partial charge in [-0.1, -0.05) is 36.2 Å². The Bertz CT molecular complexity index is 1820. The van der Waals surface area contributed by atoms with Crippen molar-refractivity contribution in [3.63, 3.8) is 0 Å². The molecule has 247 valence electrons. The van der Waals surface area contributed by atoms with E-state index in [9.17, 15) is 0 Å². The van der Waals surface area contributed by atoms with E-state index in [0.29, 0.717) is 5.69 Å². The number of nitrogens with zero attached hydrogens (tertiary/aromatic N) is 10. The number of unbranched alkanes of at least 4 members (excludes halogenated alkanes) is 1. The zero-order chi connectivity index (χ0) is 32.2. The van der Waals surface area contributed by atoms with Gasteiger partial charge in [-0.2, -0.15) is 79.7 Å². The fourth-order valence-electron chi connectivity index (χ4n) is 5.83. The van der Waals surface area contributed by atoms with Crippen LogP contribution in [0.1, 0.15) is 12.8 Å². The number of fused-ring (bicyclic) bond motifs is 2. The average molecular weight is 812 g/mol. The van der Waals surface area contributed by atoms with E-state index in [1.54, 1.807) is 23.5 Å². The smallest absolute Gasteiger partial charge is 0.0804 e. The van der Waals surface area contributed by atoms with Gasteiger partial charge in [0.15, 0.2) is 0 Å². The molecule has 0 N–H and O–H groups in total. The fourth-order valence-corrected chi connectivity index (χ4v) is 5.83. The molecule has 0 spiro atoms. The summed E-state index contributed by atoms with van der Waals surface area (Å²) in [4.78, 5) is 9.19. The quantitative estimate of drug-likeness (QED) is 0.113. The molecule has 48 heavy (non-hydrogen) atoms. The van der Waals surface area contributed by atoms with E-state index in [1.807, 2.05) is 31.3 Å². The molecule has 10 nitrogen and oxygen atoms in total. The zero-order valence-corrected chi connectivity index (χ0v) is 29.4. The van der Waals surface area contributed by atoms with Gasteiger partial charge in [-0.05, 0) is 50.2 Å². The predicted octanol–water partition coefficient (Wildman–Crippen LogP) is 5.56. The van der Waals surface area contributed by atoms with Crippen LogP contribution >= 0.6 is 0 Å². The second-order valence-electron chi connectivity index (χ2n) is 11.3. The molecule has 8 rings (SSSR count). The average Bonchev–Trinajstić information content (AvgIpc) is 3.88. The van der Waals surface area contributed by atoms with Crippen molar-refractivity contribution in [1.82, 2.24) is 24.9 Å². The maximum Gasteiger partial charge on any atom is 0.0804 e. The minimum Gasteiger partial charge on any atom is -0.501 e. The molecule has 2 aliphatic heterocycles. The van der Waals surface area contributed by atoms with Crippen molar-refractivity contribution >= 4 is 34.1 Å². The van der Waals surface area contributed by atoms with Gasteiger partial charge in [-0.15, -0.1) is 16.6 Å². The van der Waals surface area contributed by atoms with E-state index in [0.717, 1.165) is 43.0 Å².